The number of hydrogen-bond donors (Lipinski definition) is 1. The number of carbonyl (C=O) groups is 1. The van der Waals surface area contributed by atoms with Crippen molar-refractivity contribution in [2.24, 2.45) is 5.41 Å². The number of phenolic OH excluding ortho intramolecular Hbond substituents is 1. The molecule has 2 aromatic carbocycles. The zero-order valence-corrected chi connectivity index (χ0v) is 19.3. The van der Waals surface area contributed by atoms with E-state index in [0.717, 1.165) is 22.9 Å². The highest BCUT2D eigenvalue weighted by atomic mass is 79.9. The molecular weight excluding hydrogens is 432 g/mol. The van der Waals surface area contributed by atoms with Gasteiger partial charge in [-0.2, -0.15) is 0 Å². The summed E-state index contributed by atoms with van der Waals surface area (Å²) >= 11 is 3.45. The average Bonchev–Trinajstić information content (AvgIpc) is 2.63. The van der Waals surface area contributed by atoms with Gasteiger partial charge < -0.3 is 14.6 Å². The minimum atomic E-state index is -0.0899. The number of rotatable bonds is 10. The predicted molar refractivity (Wildman–Crippen MR) is 120 cm³/mol. The van der Waals surface area contributed by atoms with Gasteiger partial charge in [-0.15, -0.1) is 0 Å². The molecule has 0 amide bonds. The van der Waals surface area contributed by atoms with Crippen LogP contribution >= 0.6 is 15.9 Å². The summed E-state index contributed by atoms with van der Waals surface area (Å²) in [6, 6.07) is 11.5. The fourth-order valence-corrected chi connectivity index (χ4v) is 3.42. The van der Waals surface area contributed by atoms with E-state index in [2.05, 4.69) is 15.9 Å². The summed E-state index contributed by atoms with van der Waals surface area (Å²) in [4.78, 5) is 12.5. The van der Waals surface area contributed by atoms with Gasteiger partial charge in [-0.1, -0.05) is 48.8 Å². The van der Waals surface area contributed by atoms with Gasteiger partial charge in [0.1, 0.15) is 0 Å². The molecule has 2 aromatic rings. The van der Waals surface area contributed by atoms with Gasteiger partial charge in [0, 0.05) is 28.6 Å². The van der Waals surface area contributed by atoms with E-state index < -0.39 is 0 Å². The number of hydrogen-bond acceptors (Lipinski definition) is 4. The van der Waals surface area contributed by atoms with Crippen LogP contribution in [0.25, 0.3) is 0 Å². The lowest BCUT2D eigenvalue weighted by Gasteiger charge is -2.18. The van der Waals surface area contributed by atoms with Crippen LogP contribution in [0.2, 0.25) is 0 Å². The van der Waals surface area contributed by atoms with Crippen LogP contribution in [0.15, 0.2) is 40.9 Å². The second-order valence-electron chi connectivity index (χ2n) is 8.48. The molecule has 0 aliphatic rings. The minimum absolute atomic E-state index is 0.0412. The Morgan fingerprint density at radius 2 is 1.83 bits per heavy atom. The molecule has 29 heavy (non-hydrogen) atoms. The smallest absolute Gasteiger partial charge is 0.163 e. The Balaban J connectivity index is 1.75. The SMILES string of the molecule is Cc1c(C(=O)CC(C)(C)C)ccc(OCCCCOCc2cccc(Br)c2)c1O. The Hall–Kier alpha value is -1.85. The van der Waals surface area contributed by atoms with Crippen molar-refractivity contribution in [2.75, 3.05) is 13.2 Å². The first kappa shape index (κ1) is 23.4. The van der Waals surface area contributed by atoms with Crippen LogP contribution in [-0.4, -0.2) is 24.1 Å². The minimum Gasteiger partial charge on any atom is -0.504 e. The van der Waals surface area contributed by atoms with Crippen molar-refractivity contribution in [3.8, 4) is 11.5 Å². The van der Waals surface area contributed by atoms with E-state index in [4.69, 9.17) is 9.47 Å². The number of halogens is 1. The summed E-state index contributed by atoms with van der Waals surface area (Å²) in [6.45, 7) is 9.57. The molecule has 0 saturated carbocycles. The average molecular weight is 463 g/mol. The highest BCUT2D eigenvalue weighted by Crippen LogP contribution is 2.34. The monoisotopic (exact) mass is 462 g/mol. The molecule has 4 nitrogen and oxygen atoms in total. The lowest BCUT2D eigenvalue weighted by molar-refractivity contribution is 0.0938. The number of Topliss-reactive ketones (excluding diaryl/α,β-unsaturated/α-hetero) is 1. The molecule has 5 heteroatoms. The van der Waals surface area contributed by atoms with Crippen LogP contribution in [0.1, 0.15) is 61.5 Å². The summed E-state index contributed by atoms with van der Waals surface area (Å²) in [7, 11) is 0. The fourth-order valence-electron chi connectivity index (χ4n) is 2.98. The molecule has 0 fully saturated rings. The van der Waals surface area contributed by atoms with Gasteiger partial charge in [0.25, 0.3) is 0 Å². The summed E-state index contributed by atoms with van der Waals surface area (Å²) in [6.07, 6.45) is 2.13. The lowest BCUT2D eigenvalue weighted by Crippen LogP contribution is -2.14. The second kappa shape index (κ2) is 10.8. The van der Waals surface area contributed by atoms with Crippen LogP contribution < -0.4 is 4.74 Å². The van der Waals surface area contributed by atoms with Gasteiger partial charge in [0.05, 0.1) is 13.2 Å². The number of phenols is 1. The Morgan fingerprint density at radius 1 is 1.10 bits per heavy atom. The third kappa shape index (κ3) is 7.82. The highest BCUT2D eigenvalue weighted by molar-refractivity contribution is 9.10. The molecule has 0 bridgehead atoms. The zero-order valence-electron chi connectivity index (χ0n) is 17.8. The van der Waals surface area contributed by atoms with Crippen molar-refractivity contribution in [1.82, 2.24) is 0 Å². The van der Waals surface area contributed by atoms with Crippen molar-refractivity contribution in [1.29, 1.82) is 0 Å². The summed E-state index contributed by atoms with van der Waals surface area (Å²) in [5.41, 5.74) is 2.19. The largest absolute Gasteiger partial charge is 0.504 e. The number of ketones is 1. The maximum Gasteiger partial charge on any atom is 0.163 e. The number of unbranched alkanes of at least 4 members (excludes halogenated alkanes) is 1. The van der Waals surface area contributed by atoms with Crippen molar-refractivity contribution in [3.63, 3.8) is 0 Å². The van der Waals surface area contributed by atoms with Gasteiger partial charge in [-0.3, -0.25) is 4.79 Å². The molecule has 0 radical (unpaired) electrons. The molecule has 0 aliphatic heterocycles. The third-order valence-electron chi connectivity index (χ3n) is 4.48. The first-order chi connectivity index (χ1) is 13.7. The van der Waals surface area contributed by atoms with Crippen molar-refractivity contribution >= 4 is 21.7 Å². The predicted octanol–water partition coefficient (Wildman–Crippen LogP) is 6.46. The van der Waals surface area contributed by atoms with E-state index in [9.17, 15) is 9.90 Å². The van der Waals surface area contributed by atoms with Gasteiger partial charge in [0.15, 0.2) is 17.3 Å². The Bertz CT molecular complexity index is 824. The zero-order chi connectivity index (χ0) is 21.4. The highest BCUT2D eigenvalue weighted by Gasteiger charge is 2.21. The van der Waals surface area contributed by atoms with Gasteiger partial charge in [-0.05, 0) is 55.0 Å². The van der Waals surface area contributed by atoms with Crippen molar-refractivity contribution in [2.45, 2.75) is 53.6 Å². The topological polar surface area (TPSA) is 55.8 Å². The van der Waals surface area contributed by atoms with Crippen LogP contribution in [0.5, 0.6) is 11.5 Å². The molecule has 0 saturated heterocycles. The van der Waals surface area contributed by atoms with E-state index in [1.807, 2.05) is 45.0 Å². The number of benzene rings is 2. The maximum absolute atomic E-state index is 12.5. The van der Waals surface area contributed by atoms with E-state index in [-0.39, 0.29) is 16.9 Å². The summed E-state index contributed by atoms with van der Waals surface area (Å²) < 4.78 is 12.4. The second-order valence-corrected chi connectivity index (χ2v) is 9.40. The number of carbonyl (C=O) groups excluding carboxylic acids is 1. The van der Waals surface area contributed by atoms with Gasteiger partial charge >= 0.3 is 0 Å². The van der Waals surface area contributed by atoms with Crippen LogP contribution in [0.3, 0.4) is 0 Å². The van der Waals surface area contributed by atoms with Crippen molar-refractivity contribution in [3.05, 3.63) is 57.6 Å². The number of aromatic hydroxyl groups is 1. The van der Waals surface area contributed by atoms with Crippen molar-refractivity contribution < 1.29 is 19.4 Å². The molecule has 0 spiro atoms. The Morgan fingerprint density at radius 3 is 2.52 bits per heavy atom. The molecule has 0 heterocycles. The van der Waals surface area contributed by atoms with E-state index >= 15 is 0 Å². The Kier molecular flexibility index (Phi) is 8.72. The first-order valence-corrected chi connectivity index (χ1v) is 10.8. The Labute approximate surface area is 182 Å². The molecule has 0 aromatic heterocycles. The van der Waals surface area contributed by atoms with Crippen LogP contribution in [0.4, 0.5) is 0 Å². The molecule has 0 atom stereocenters. The molecule has 2 rings (SSSR count). The van der Waals surface area contributed by atoms with Crippen LogP contribution in [0, 0.1) is 12.3 Å². The van der Waals surface area contributed by atoms with Gasteiger partial charge in [0.2, 0.25) is 0 Å². The molecule has 158 valence electrons. The molecule has 0 aliphatic carbocycles. The quantitative estimate of drug-likeness (QED) is 0.325. The third-order valence-corrected chi connectivity index (χ3v) is 4.98. The molecule has 0 unspecified atom stereocenters. The van der Waals surface area contributed by atoms with E-state index in [1.54, 1.807) is 19.1 Å². The summed E-state index contributed by atoms with van der Waals surface area (Å²) in [5, 5.41) is 10.4. The molecular formula is C24H31BrO4. The maximum atomic E-state index is 12.5. The van der Waals surface area contributed by atoms with E-state index in [0.29, 0.717) is 43.1 Å². The summed E-state index contributed by atoms with van der Waals surface area (Å²) in [5.74, 6) is 0.514. The lowest BCUT2D eigenvalue weighted by atomic mass is 9.86. The normalized spacial score (nSPS) is 11.5. The fraction of sp³-hybridized carbons (Fsp3) is 0.458. The standard InChI is InChI=1S/C24H31BrO4/c1-17-20(21(26)15-24(2,3)4)10-11-22(23(17)27)29-13-6-5-12-28-16-18-8-7-9-19(25)14-18/h7-11,14,27H,5-6,12-13,15-16H2,1-4H3. The first-order valence-electron chi connectivity index (χ1n) is 9.98. The van der Waals surface area contributed by atoms with Crippen LogP contribution in [-0.2, 0) is 11.3 Å². The van der Waals surface area contributed by atoms with Gasteiger partial charge in [-0.25, -0.2) is 0 Å². The molecule has 1 N–H and O–H groups in total. The number of ether oxygens (including phenoxy) is 2. The van der Waals surface area contributed by atoms with E-state index in [1.165, 1.54) is 0 Å².